The smallest absolute Gasteiger partial charge is 0.0273 e. The van der Waals surface area contributed by atoms with Crippen LogP contribution in [0.25, 0.3) is 0 Å². The number of hydrogen-bond acceptors (Lipinski definition) is 0. The lowest BCUT2D eigenvalue weighted by Gasteiger charge is -2.17. The van der Waals surface area contributed by atoms with Gasteiger partial charge in [-0.25, -0.2) is 0 Å². The van der Waals surface area contributed by atoms with Gasteiger partial charge in [0.05, 0.1) is 0 Å². The van der Waals surface area contributed by atoms with Crippen LogP contribution in [0.3, 0.4) is 0 Å². The van der Waals surface area contributed by atoms with Crippen LogP contribution in [0.15, 0.2) is 12.1 Å². The summed E-state index contributed by atoms with van der Waals surface area (Å²) in [6.07, 6.45) is 24.8. The van der Waals surface area contributed by atoms with E-state index in [4.69, 9.17) is 0 Å². The van der Waals surface area contributed by atoms with Gasteiger partial charge in [-0.05, 0) is 62.1 Å². The molecule has 0 aliphatic carbocycles. The van der Waals surface area contributed by atoms with Crippen molar-refractivity contribution in [1.82, 2.24) is 0 Å². The van der Waals surface area contributed by atoms with Crippen molar-refractivity contribution in [2.75, 3.05) is 0 Å². The maximum absolute atomic E-state index is 2.52. The molecular weight excluding hydrogens is 336 g/mol. The van der Waals surface area contributed by atoms with E-state index in [9.17, 15) is 0 Å². The van der Waals surface area contributed by atoms with Crippen LogP contribution in [0.4, 0.5) is 0 Å². The first-order chi connectivity index (χ1) is 13.7. The quantitative estimate of drug-likeness (QED) is 0.220. The lowest BCUT2D eigenvalue weighted by atomic mass is 9.88. The lowest BCUT2D eigenvalue weighted by molar-refractivity contribution is 0.612. The van der Waals surface area contributed by atoms with Crippen LogP contribution < -0.4 is 0 Å². The van der Waals surface area contributed by atoms with E-state index in [1.54, 1.807) is 16.7 Å². The fourth-order valence-electron chi connectivity index (χ4n) is 4.48. The minimum absolute atomic E-state index is 1.30. The fraction of sp³-hybridized carbons (Fsp3) is 0.786. The Morgan fingerprint density at radius 2 is 0.821 bits per heavy atom. The van der Waals surface area contributed by atoms with Crippen molar-refractivity contribution in [2.45, 2.75) is 143 Å². The topological polar surface area (TPSA) is 0 Å². The van der Waals surface area contributed by atoms with Gasteiger partial charge in [-0.3, -0.25) is 0 Å². The molecule has 0 heteroatoms. The summed E-state index contributed by atoms with van der Waals surface area (Å²) >= 11 is 0. The molecule has 0 unspecified atom stereocenters. The Bertz CT molecular complexity index is 450. The Labute approximate surface area is 177 Å². The van der Waals surface area contributed by atoms with E-state index in [1.807, 2.05) is 0 Å². The summed E-state index contributed by atoms with van der Waals surface area (Å²) in [5.74, 6) is 0. The van der Waals surface area contributed by atoms with Crippen molar-refractivity contribution in [2.24, 2.45) is 0 Å². The molecule has 0 saturated heterocycles. The van der Waals surface area contributed by atoms with Crippen molar-refractivity contribution < 1.29 is 0 Å². The standard InChI is InChI=1S/C28H50/c1-5-8-11-14-17-20-26-23-25(4)24-27(21-18-15-12-9-6-2)28(26)22-19-16-13-10-7-3/h23-24H,5-22H2,1-4H3. The van der Waals surface area contributed by atoms with Gasteiger partial charge in [-0.1, -0.05) is 116 Å². The maximum atomic E-state index is 2.52. The van der Waals surface area contributed by atoms with Crippen molar-refractivity contribution in [3.05, 3.63) is 34.4 Å². The van der Waals surface area contributed by atoms with Crippen LogP contribution in [0.1, 0.15) is 139 Å². The van der Waals surface area contributed by atoms with Gasteiger partial charge in [-0.15, -0.1) is 0 Å². The molecule has 1 rings (SSSR count). The predicted octanol–water partition coefficient (Wildman–Crippen LogP) is 9.53. The highest BCUT2D eigenvalue weighted by atomic mass is 14.2. The zero-order valence-corrected chi connectivity index (χ0v) is 19.9. The molecule has 0 saturated carbocycles. The molecule has 0 aliphatic rings. The molecule has 0 bridgehead atoms. The molecule has 0 N–H and O–H groups in total. The second kappa shape index (κ2) is 17.1. The first kappa shape index (κ1) is 25.3. The van der Waals surface area contributed by atoms with Crippen molar-refractivity contribution in [1.29, 1.82) is 0 Å². The minimum Gasteiger partial charge on any atom is -0.0654 e. The zero-order chi connectivity index (χ0) is 20.5. The largest absolute Gasteiger partial charge is 0.0654 e. The molecular formula is C28H50. The number of hydrogen-bond donors (Lipinski definition) is 0. The van der Waals surface area contributed by atoms with Crippen LogP contribution in [0, 0.1) is 6.92 Å². The molecule has 28 heavy (non-hydrogen) atoms. The molecule has 0 radical (unpaired) electrons. The van der Waals surface area contributed by atoms with Gasteiger partial charge in [0.15, 0.2) is 0 Å². The molecule has 0 atom stereocenters. The first-order valence-electron chi connectivity index (χ1n) is 12.8. The molecule has 0 fully saturated rings. The van der Waals surface area contributed by atoms with Crippen molar-refractivity contribution in [3.8, 4) is 0 Å². The van der Waals surface area contributed by atoms with Gasteiger partial charge in [0.1, 0.15) is 0 Å². The van der Waals surface area contributed by atoms with Crippen molar-refractivity contribution in [3.63, 3.8) is 0 Å². The van der Waals surface area contributed by atoms with Gasteiger partial charge in [0, 0.05) is 0 Å². The second-order valence-corrected chi connectivity index (χ2v) is 9.05. The number of unbranched alkanes of at least 4 members (excludes halogenated alkanes) is 12. The van der Waals surface area contributed by atoms with Crippen LogP contribution >= 0.6 is 0 Å². The number of benzene rings is 1. The Balaban J connectivity index is 2.72. The third-order valence-corrected chi connectivity index (χ3v) is 6.21. The van der Waals surface area contributed by atoms with Gasteiger partial charge < -0.3 is 0 Å². The van der Waals surface area contributed by atoms with Gasteiger partial charge in [0.2, 0.25) is 0 Å². The van der Waals surface area contributed by atoms with E-state index in [2.05, 4.69) is 39.8 Å². The molecule has 1 aromatic carbocycles. The van der Waals surface area contributed by atoms with E-state index < -0.39 is 0 Å². The highest BCUT2D eigenvalue weighted by Crippen LogP contribution is 2.25. The normalized spacial score (nSPS) is 11.3. The van der Waals surface area contributed by atoms with Crippen LogP contribution in [-0.2, 0) is 19.3 Å². The molecule has 162 valence electrons. The lowest BCUT2D eigenvalue weighted by Crippen LogP contribution is -2.03. The van der Waals surface area contributed by atoms with Crippen LogP contribution in [0.2, 0.25) is 0 Å². The SMILES string of the molecule is CCCCCCCc1cc(C)cc(CCCCCCC)c1CCCCCCC. The monoisotopic (exact) mass is 386 g/mol. The Morgan fingerprint density at radius 3 is 1.21 bits per heavy atom. The molecule has 0 aromatic heterocycles. The van der Waals surface area contributed by atoms with Gasteiger partial charge in [-0.2, -0.15) is 0 Å². The molecule has 0 heterocycles. The summed E-state index contributed by atoms with van der Waals surface area (Å²) in [5.41, 5.74) is 6.61. The molecule has 1 aromatic rings. The zero-order valence-electron chi connectivity index (χ0n) is 19.9. The van der Waals surface area contributed by atoms with E-state index in [1.165, 1.54) is 121 Å². The van der Waals surface area contributed by atoms with E-state index in [-0.39, 0.29) is 0 Å². The fourth-order valence-corrected chi connectivity index (χ4v) is 4.48. The third kappa shape index (κ3) is 11.3. The number of rotatable bonds is 18. The Kier molecular flexibility index (Phi) is 15.4. The van der Waals surface area contributed by atoms with Gasteiger partial charge in [0.25, 0.3) is 0 Å². The summed E-state index contributed by atoms with van der Waals surface area (Å²) in [6.45, 7) is 9.24. The molecule has 0 spiro atoms. The summed E-state index contributed by atoms with van der Waals surface area (Å²) < 4.78 is 0. The molecule has 0 aliphatic heterocycles. The average Bonchev–Trinajstić information content (AvgIpc) is 2.69. The van der Waals surface area contributed by atoms with Gasteiger partial charge >= 0.3 is 0 Å². The summed E-state index contributed by atoms with van der Waals surface area (Å²) in [7, 11) is 0. The van der Waals surface area contributed by atoms with Crippen LogP contribution in [-0.4, -0.2) is 0 Å². The van der Waals surface area contributed by atoms with E-state index in [0.717, 1.165) is 0 Å². The van der Waals surface area contributed by atoms with Crippen molar-refractivity contribution >= 4 is 0 Å². The molecule has 0 nitrogen and oxygen atoms in total. The number of aryl methyl sites for hydroxylation is 3. The summed E-state index contributed by atoms with van der Waals surface area (Å²) in [5, 5.41) is 0. The highest BCUT2D eigenvalue weighted by molar-refractivity contribution is 5.39. The predicted molar refractivity (Wildman–Crippen MR) is 129 cm³/mol. The van der Waals surface area contributed by atoms with E-state index >= 15 is 0 Å². The summed E-state index contributed by atoms with van der Waals surface area (Å²) in [4.78, 5) is 0. The first-order valence-corrected chi connectivity index (χ1v) is 12.8. The highest BCUT2D eigenvalue weighted by Gasteiger charge is 2.10. The Morgan fingerprint density at radius 1 is 0.464 bits per heavy atom. The van der Waals surface area contributed by atoms with E-state index in [0.29, 0.717) is 0 Å². The second-order valence-electron chi connectivity index (χ2n) is 9.05. The Hall–Kier alpha value is -0.780. The minimum atomic E-state index is 1.30. The third-order valence-electron chi connectivity index (χ3n) is 6.21. The molecule has 0 amide bonds. The van der Waals surface area contributed by atoms with Crippen LogP contribution in [0.5, 0.6) is 0 Å². The maximum Gasteiger partial charge on any atom is -0.0273 e. The summed E-state index contributed by atoms with van der Waals surface area (Å²) in [6, 6.07) is 5.03. The average molecular weight is 387 g/mol.